The summed E-state index contributed by atoms with van der Waals surface area (Å²) in [7, 11) is 0. The van der Waals surface area contributed by atoms with Gasteiger partial charge in [-0.3, -0.25) is 0 Å². The van der Waals surface area contributed by atoms with Gasteiger partial charge in [-0.1, -0.05) is 35.9 Å². The predicted molar refractivity (Wildman–Crippen MR) is 71.1 cm³/mol. The van der Waals surface area contributed by atoms with Crippen molar-refractivity contribution in [2.24, 2.45) is 0 Å². The molecule has 0 bridgehead atoms. The number of aliphatic hydroxyl groups is 1. The van der Waals surface area contributed by atoms with Crippen LogP contribution in [0.1, 0.15) is 18.1 Å². The molecule has 0 heterocycles. The lowest BCUT2D eigenvalue weighted by molar-refractivity contribution is 0.0572. The van der Waals surface area contributed by atoms with E-state index in [1.54, 1.807) is 19.1 Å². The van der Waals surface area contributed by atoms with Crippen molar-refractivity contribution in [1.82, 2.24) is 0 Å². The second-order valence-corrected chi connectivity index (χ2v) is 5.05. The highest BCUT2D eigenvalue weighted by Gasteiger charge is 2.25. The van der Waals surface area contributed by atoms with Crippen LogP contribution in [0, 0.1) is 11.6 Å². The van der Waals surface area contributed by atoms with Gasteiger partial charge < -0.3 is 5.11 Å². The summed E-state index contributed by atoms with van der Waals surface area (Å²) in [6.07, 6.45) is 0.104. The van der Waals surface area contributed by atoms with Crippen LogP contribution in [0.5, 0.6) is 0 Å². The molecule has 0 aromatic heterocycles. The van der Waals surface area contributed by atoms with Crippen molar-refractivity contribution in [1.29, 1.82) is 0 Å². The summed E-state index contributed by atoms with van der Waals surface area (Å²) < 4.78 is 26.5. The first-order chi connectivity index (χ1) is 8.90. The molecule has 0 aliphatic heterocycles. The largest absolute Gasteiger partial charge is 0.385 e. The minimum Gasteiger partial charge on any atom is -0.385 e. The fourth-order valence-electron chi connectivity index (χ4n) is 1.98. The lowest BCUT2D eigenvalue weighted by Gasteiger charge is -2.24. The minimum atomic E-state index is -1.32. The molecule has 2 rings (SSSR count). The van der Waals surface area contributed by atoms with Crippen molar-refractivity contribution in [3.8, 4) is 0 Å². The van der Waals surface area contributed by atoms with Gasteiger partial charge in [0.25, 0.3) is 0 Å². The van der Waals surface area contributed by atoms with Gasteiger partial charge in [0.2, 0.25) is 0 Å². The molecular weight excluding hydrogens is 270 g/mol. The number of benzene rings is 2. The number of hydrogen-bond donors (Lipinski definition) is 1. The maximum absolute atomic E-state index is 13.3. The molecule has 0 spiro atoms. The van der Waals surface area contributed by atoms with Crippen molar-refractivity contribution >= 4 is 11.6 Å². The molecule has 1 nitrogen and oxygen atoms in total. The smallest absolute Gasteiger partial charge is 0.142 e. The van der Waals surface area contributed by atoms with Gasteiger partial charge in [0.15, 0.2) is 0 Å². The van der Waals surface area contributed by atoms with E-state index in [2.05, 4.69) is 0 Å². The van der Waals surface area contributed by atoms with Crippen LogP contribution in [0.25, 0.3) is 0 Å². The molecule has 2 aromatic rings. The molecule has 0 saturated carbocycles. The summed E-state index contributed by atoms with van der Waals surface area (Å²) in [5.74, 6) is -0.961. The minimum absolute atomic E-state index is 0.0146. The normalized spacial score (nSPS) is 14.2. The van der Waals surface area contributed by atoms with Crippen LogP contribution >= 0.6 is 11.6 Å². The van der Waals surface area contributed by atoms with Crippen LogP contribution in [0.2, 0.25) is 5.02 Å². The topological polar surface area (TPSA) is 20.2 Å². The molecule has 0 aliphatic rings. The summed E-state index contributed by atoms with van der Waals surface area (Å²) in [5.41, 5.74) is -0.414. The molecule has 0 aliphatic carbocycles. The van der Waals surface area contributed by atoms with Gasteiger partial charge in [0.1, 0.15) is 11.6 Å². The first kappa shape index (κ1) is 14.0. The van der Waals surface area contributed by atoms with Crippen LogP contribution < -0.4 is 0 Å². The third-order valence-electron chi connectivity index (χ3n) is 3.01. The third kappa shape index (κ3) is 3.11. The lowest BCUT2D eigenvalue weighted by atomic mass is 9.89. The van der Waals surface area contributed by atoms with Crippen LogP contribution in [0.3, 0.4) is 0 Å². The van der Waals surface area contributed by atoms with Gasteiger partial charge in [0, 0.05) is 6.42 Å². The van der Waals surface area contributed by atoms with Crippen molar-refractivity contribution in [3.63, 3.8) is 0 Å². The summed E-state index contributed by atoms with van der Waals surface area (Å²) in [5, 5.41) is 10.4. The van der Waals surface area contributed by atoms with Gasteiger partial charge in [-0.25, -0.2) is 8.78 Å². The van der Waals surface area contributed by atoms with E-state index in [-0.39, 0.29) is 11.4 Å². The second kappa shape index (κ2) is 5.27. The van der Waals surface area contributed by atoms with Gasteiger partial charge in [-0.15, -0.1) is 0 Å². The Morgan fingerprint density at radius 2 is 1.84 bits per heavy atom. The first-order valence-corrected chi connectivity index (χ1v) is 6.19. The average Bonchev–Trinajstić information content (AvgIpc) is 2.35. The van der Waals surface area contributed by atoms with E-state index < -0.39 is 17.2 Å². The Morgan fingerprint density at radius 3 is 2.53 bits per heavy atom. The van der Waals surface area contributed by atoms with Crippen molar-refractivity contribution < 1.29 is 13.9 Å². The monoisotopic (exact) mass is 282 g/mol. The highest BCUT2D eigenvalue weighted by atomic mass is 35.5. The Labute approximate surface area is 115 Å². The van der Waals surface area contributed by atoms with E-state index in [1.165, 1.54) is 30.3 Å². The quantitative estimate of drug-likeness (QED) is 0.900. The van der Waals surface area contributed by atoms with E-state index >= 15 is 0 Å². The SMILES string of the molecule is CC(O)(Cc1cccc(F)c1Cl)c1cccc(F)c1. The number of rotatable bonds is 3. The first-order valence-electron chi connectivity index (χ1n) is 5.81. The molecule has 1 N–H and O–H groups in total. The zero-order valence-corrected chi connectivity index (χ0v) is 11.1. The Hall–Kier alpha value is -1.45. The molecule has 0 radical (unpaired) electrons. The lowest BCUT2D eigenvalue weighted by Crippen LogP contribution is -2.24. The van der Waals surface area contributed by atoms with E-state index in [4.69, 9.17) is 11.6 Å². The molecule has 2 aromatic carbocycles. The van der Waals surface area contributed by atoms with E-state index in [1.807, 2.05) is 0 Å². The maximum atomic E-state index is 13.3. The predicted octanol–water partition coefficient (Wildman–Crippen LogP) is 4.07. The van der Waals surface area contributed by atoms with Crippen molar-refractivity contribution in [3.05, 3.63) is 70.2 Å². The highest BCUT2D eigenvalue weighted by molar-refractivity contribution is 6.31. The van der Waals surface area contributed by atoms with Crippen LogP contribution in [-0.2, 0) is 12.0 Å². The zero-order valence-electron chi connectivity index (χ0n) is 10.3. The zero-order chi connectivity index (χ0) is 14.0. The molecule has 100 valence electrons. The Bertz CT molecular complexity index is 596. The molecule has 0 fully saturated rings. The van der Waals surface area contributed by atoms with E-state index in [0.717, 1.165) is 0 Å². The molecule has 1 atom stereocenters. The van der Waals surface area contributed by atoms with Gasteiger partial charge in [-0.05, 0) is 36.2 Å². The summed E-state index contributed by atoms with van der Waals surface area (Å²) in [6, 6.07) is 10.1. The number of halogens is 3. The Balaban J connectivity index is 2.33. The van der Waals surface area contributed by atoms with Crippen molar-refractivity contribution in [2.75, 3.05) is 0 Å². The summed E-state index contributed by atoms with van der Waals surface area (Å²) >= 11 is 5.86. The maximum Gasteiger partial charge on any atom is 0.142 e. The fourth-order valence-corrected chi connectivity index (χ4v) is 2.17. The van der Waals surface area contributed by atoms with Crippen molar-refractivity contribution in [2.45, 2.75) is 18.9 Å². The Morgan fingerprint density at radius 1 is 1.16 bits per heavy atom. The molecule has 19 heavy (non-hydrogen) atoms. The standard InChI is InChI=1S/C15H13ClF2O/c1-15(19,11-5-3-6-12(17)8-11)9-10-4-2-7-13(18)14(10)16/h2-8,19H,9H2,1H3. The Kier molecular flexibility index (Phi) is 3.88. The molecular formula is C15H13ClF2O. The summed E-state index contributed by atoms with van der Waals surface area (Å²) in [6.45, 7) is 1.54. The average molecular weight is 283 g/mol. The van der Waals surface area contributed by atoms with Gasteiger partial charge in [-0.2, -0.15) is 0 Å². The van der Waals surface area contributed by atoms with Crippen LogP contribution in [0.15, 0.2) is 42.5 Å². The van der Waals surface area contributed by atoms with Crippen LogP contribution in [-0.4, -0.2) is 5.11 Å². The van der Waals surface area contributed by atoms with Gasteiger partial charge in [0.05, 0.1) is 10.6 Å². The number of hydrogen-bond acceptors (Lipinski definition) is 1. The summed E-state index contributed by atoms with van der Waals surface area (Å²) in [4.78, 5) is 0. The highest BCUT2D eigenvalue weighted by Crippen LogP contribution is 2.30. The molecule has 1 unspecified atom stereocenters. The second-order valence-electron chi connectivity index (χ2n) is 4.67. The van der Waals surface area contributed by atoms with Crippen LogP contribution in [0.4, 0.5) is 8.78 Å². The molecule has 0 amide bonds. The van der Waals surface area contributed by atoms with E-state index in [9.17, 15) is 13.9 Å². The van der Waals surface area contributed by atoms with Gasteiger partial charge >= 0.3 is 0 Å². The third-order valence-corrected chi connectivity index (χ3v) is 3.44. The van der Waals surface area contributed by atoms with E-state index in [0.29, 0.717) is 11.1 Å². The fraction of sp³-hybridized carbons (Fsp3) is 0.200. The molecule has 0 saturated heterocycles. The molecule has 4 heteroatoms.